The van der Waals surface area contributed by atoms with Gasteiger partial charge in [-0.3, -0.25) is 0 Å². The Kier molecular flexibility index (Phi) is 6.48. The number of rotatable bonds is 7. The van der Waals surface area contributed by atoms with E-state index in [-0.39, 0.29) is 6.10 Å². The highest BCUT2D eigenvalue weighted by Gasteiger charge is 2.03. The van der Waals surface area contributed by atoms with E-state index in [4.69, 9.17) is 9.47 Å². The van der Waals surface area contributed by atoms with Crippen LogP contribution in [0.5, 0.6) is 0 Å². The maximum absolute atomic E-state index is 5.62. The summed E-state index contributed by atoms with van der Waals surface area (Å²) < 4.78 is 10.9. The van der Waals surface area contributed by atoms with Gasteiger partial charge in [0.05, 0.1) is 25.9 Å². The van der Waals surface area contributed by atoms with E-state index >= 15 is 0 Å². The van der Waals surface area contributed by atoms with Gasteiger partial charge in [0.15, 0.2) is 0 Å². The monoisotopic (exact) mass is 226 g/mol. The first-order valence-corrected chi connectivity index (χ1v) is 5.83. The van der Waals surface area contributed by atoms with Crippen LogP contribution in [0.4, 0.5) is 0 Å². The van der Waals surface area contributed by atoms with Gasteiger partial charge >= 0.3 is 0 Å². The number of hydrogen-bond acceptors (Lipinski definition) is 3. The summed E-state index contributed by atoms with van der Waals surface area (Å²) >= 11 is 4.05. The van der Waals surface area contributed by atoms with E-state index < -0.39 is 0 Å². The van der Waals surface area contributed by atoms with Crippen molar-refractivity contribution in [3.63, 3.8) is 0 Å². The fraction of sp³-hybridized carbons (Fsp3) is 0.500. The highest BCUT2D eigenvalue weighted by molar-refractivity contribution is 7.80. The maximum atomic E-state index is 5.62. The zero-order chi connectivity index (χ0) is 10.9. The Bertz CT molecular complexity index is 251. The van der Waals surface area contributed by atoms with Crippen LogP contribution in [0.2, 0.25) is 0 Å². The third-order valence-electron chi connectivity index (χ3n) is 2.10. The molecule has 1 aromatic carbocycles. The minimum atomic E-state index is 0.130. The highest BCUT2D eigenvalue weighted by Crippen LogP contribution is 2.15. The van der Waals surface area contributed by atoms with Crippen LogP contribution in [-0.4, -0.2) is 25.6 Å². The van der Waals surface area contributed by atoms with Crippen molar-refractivity contribution in [3.05, 3.63) is 35.9 Å². The van der Waals surface area contributed by atoms with Crippen molar-refractivity contribution in [2.45, 2.75) is 13.0 Å². The lowest BCUT2D eigenvalue weighted by Crippen LogP contribution is -2.08. The SMILES string of the molecule is CC(OCCOCCS)c1ccccc1. The second-order valence-corrected chi connectivity index (χ2v) is 3.71. The van der Waals surface area contributed by atoms with Crippen LogP contribution in [0.3, 0.4) is 0 Å². The fourth-order valence-corrected chi connectivity index (χ4v) is 1.40. The molecule has 0 heterocycles. The smallest absolute Gasteiger partial charge is 0.0797 e. The molecule has 2 nitrogen and oxygen atoms in total. The van der Waals surface area contributed by atoms with Crippen LogP contribution < -0.4 is 0 Å². The second-order valence-electron chi connectivity index (χ2n) is 3.26. The largest absolute Gasteiger partial charge is 0.378 e. The standard InChI is InChI=1S/C12H18O2S/c1-11(12-5-3-2-4-6-12)14-8-7-13-9-10-15/h2-6,11,15H,7-10H2,1H3. The molecule has 0 N–H and O–H groups in total. The molecule has 84 valence electrons. The van der Waals surface area contributed by atoms with E-state index in [9.17, 15) is 0 Å². The van der Waals surface area contributed by atoms with E-state index in [1.165, 1.54) is 5.56 Å². The van der Waals surface area contributed by atoms with Gasteiger partial charge in [0.25, 0.3) is 0 Å². The lowest BCUT2D eigenvalue weighted by Gasteiger charge is -2.13. The zero-order valence-corrected chi connectivity index (χ0v) is 9.95. The summed E-state index contributed by atoms with van der Waals surface area (Å²) in [4.78, 5) is 0. The lowest BCUT2D eigenvalue weighted by atomic mass is 10.1. The van der Waals surface area contributed by atoms with Crippen LogP contribution in [0.15, 0.2) is 30.3 Å². The highest BCUT2D eigenvalue weighted by atomic mass is 32.1. The summed E-state index contributed by atoms with van der Waals surface area (Å²) in [7, 11) is 0. The summed E-state index contributed by atoms with van der Waals surface area (Å²) in [6, 6.07) is 10.2. The Balaban J connectivity index is 2.16. The Morgan fingerprint density at radius 1 is 1.13 bits per heavy atom. The van der Waals surface area contributed by atoms with E-state index in [1.807, 2.05) is 25.1 Å². The lowest BCUT2D eigenvalue weighted by molar-refractivity contribution is 0.0153. The predicted molar refractivity (Wildman–Crippen MR) is 65.5 cm³/mol. The molecular formula is C12H18O2S. The summed E-state index contributed by atoms with van der Waals surface area (Å²) in [6.45, 7) is 4.00. The molecule has 0 radical (unpaired) electrons. The van der Waals surface area contributed by atoms with Gasteiger partial charge in [-0.2, -0.15) is 12.6 Å². The van der Waals surface area contributed by atoms with Crippen molar-refractivity contribution < 1.29 is 9.47 Å². The van der Waals surface area contributed by atoms with Crippen LogP contribution in [0.1, 0.15) is 18.6 Å². The summed E-state index contributed by atoms with van der Waals surface area (Å²) in [5.74, 6) is 0.758. The molecule has 1 unspecified atom stereocenters. The average Bonchev–Trinajstić information content (AvgIpc) is 2.30. The van der Waals surface area contributed by atoms with Crippen LogP contribution in [-0.2, 0) is 9.47 Å². The third-order valence-corrected chi connectivity index (χ3v) is 2.28. The Morgan fingerprint density at radius 3 is 2.53 bits per heavy atom. The van der Waals surface area contributed by atoms with Crippen molar-refractivity contribution in [2.24, 2.45) is 0 Å². The van der Waals surface area contributed by atoms with Crippen molar-refractivity contribution in [3.8, 4) is 0 Å². The summed E-state index contributed by atoms with van der Waals surface area (Å²) in [5, 5.41) is 0. The number of benzene rings is 1. The number of ether oxygens (including phenoxy) is 2. The van der Waals surface area contributed by atoms with Crippen molar-refractivity contribution >= 4 is 12.6 Å². The molecule has 0 aliphatic carbocycles. The van der Waals surface area contributed by atoms with Gasteiger partial charge in [-0.05, 0) is 12.5 Å². The Morgan fingerprint density at radius 2 is 1.87 bits per heavy atom. The molecule has 3 heteroatoms. The van der Waals surface area contributed by atoms with Gasteiger partial charge in [0.1, 0.15) is 0 Å². The average molecular weight is 226 g/mol. The molecule has 0 spiro atoms. The molecule has 0 saturated heterocycles. The quantitative estimate of drug-likeness (QED) is 0.569. The van der Waals surface area contributed by atoms with Crippen LogP contribution in [0, 0.1) is 0 Å². The molecule has 0 amide bonds. The molecule has 1 rings (SSSR count). The molecule has 1 aromatic rings. The number of hydrogen-bond donors (Lipinski definition) is 1. The normalized spacial score (nSPS) is 12.7. The van der Waals surface area contributed by atoms with Gasteiger partial charge in [-0.15, -0.1) is 0 Å². The third kappa shape index (κ3) is 5.21. The Labute approximate surface area is 97.0 Å². The molecule has 0 fully saturated rings. The maximum Gasteiger partial charge on any atom is 0.0797 e. The van der Waals surface area contributed by atoms with E-state index in [2.05, 4.69) is 24.8 Å². The summed E-state index contributed by atoms with van der Waals surface area (Å²) in [6.07, 6.45) is 0.130. The van der Waals surface area contributed by atoms with Gasteiger partial charge in [0, 0.05) is 5.75 Å². The van der Waals surface area contributed by atoms with E-state index in [1.54, 1.807) is 0 Å². The van der Waals surface area contributed by atoms with Crippen molar-refractivity contribution in [2.75, 3.05) is 25.6 Å². The zero-order valence-electron chi connectivity index (χ0n) is 9.06. The first-order chi connectivity index (χ1) is 7.34. The second kappa shape index (κ2) is 7.74. The molecule has 15 heavy (non-hydrogen) atoms. The fourth-order valence-electron chi connectivity index (χ4n) is 1.27. The minimum Gasteiger partial charge on any atom is -0.378 e. The van der Waals surface area contributed by atoms with Crippen molar-refractivity contribution in [1.82, 2.24) is 0 Å². The topological polar surface area (TPSA) is 18.5 Å². The van der Waals surface area contributed by atoms with Crippen LogP contribution in [0.25, 0.3) is 0 Å². The molecule has 0 aliphatic rings. The molecule has 1 atom stereocenters. The van der Waals surface area contributed by atoms with Gasteiger partial charge in [-0.1, -0.05) is 30.3 Å². The van der Waals surface area contributed by atoms with Gasteiger partial charge in [0.2, 0.25) is 0 Å². The number of thiol groups is 1. The minimum absolute atomic E-state index is 0.130. The summed E-state index contributed by atoms with van der Waals surface area (Å²) in [5.41, 5.74) is 1.20. The van der Waals surface area contributed by atoms with Gasteiger partial charge in [-0.25, -0.2) is 0 Å². The molecular weight excluding hydrogens is 208 g/mol. The van der Waals surface area contributed by atoms with Crippen molar-refractivity contribution in [1.29, 1.82) is 0 Å². The van der Waals surface area contributed by atoms with Gasteiger partial charge < -0.3 is 9.47 Å². The molecule has 0 aromatic heterocycles. The molecule has 0 bridgehead atoms. The van der Waals surface area contributed by atoms with E-state index in [0.717, 1.165) is 5.75 Å². The molecule has 0 aliphatic heterocycles. The first kappa shape index (κ1) is 12.6. The first-order valence-electron chi connectivity index (χ1n) is 5.19. The van der Waals surface area contributed by atoms with E-state index in [0.29, 0.717) is 19.8 Å². The van der Waals surface area contributed by atoms with Crippen LogP contribution >= 0.6 is 12.6 Å². The predicted octanol–water partition coefficient (Wildman–Crippen LogP) is 2.71. The molecule has 0 saturated carbocycles. The Hall–Kier alpha value is -0.510.